The van der Waals surface area contributed by atoms with Gasteiger partial charge in [0, 0.05) is 19.5 Å². The highest BCUT2D eigenvalue weighted by molar-refractivity contribution is 5.92. The van der Waals surface area contributed by atoms with Crippen molar-refractivity contribution in [3.05, 3.63) is 35.9 Å². The number of hydrogen-bond acceptors (Lipinski definition) is 8. The van der Waals surface area contributed by atoms with Gasteiger partial charge in [0.15, 0.2) is 0 Å². The number of rotatable bonds is 9. The van der Waals surface area contributed by atoms with E-state index in [1.165, 1.54) is 19.1 Å². The number of nitrogens with one attached hydrogen (secondary N) is 2. The minimum atomic E-state index is -1.29. The minimum absolute atomic E-state index is 0.0668. The van der Waals surface area contributed by atoms with Gasteiger partial charge >= 0.3 is 18.0 Å². The lowest BCUT2D eigenvalue weighted by Gasteiger charge is -2.27. The Hall–Kier alpha value is -3.63. The number of likely N-dealkylation sites (tertiary alicyclic amines) is 1. The summed E-state index contributed by atoms with van der Waals surface area (Å²) in [5.41, 5.74) is -0.482. The SMILES string of the molecule is COC(=O)CNC(=O)CC1(C(=O)NCC(=O)OC)CCN(C(=O)OCc2ccccc2)C1. The first-order chi connectivity index (χ1) is 15.3. The van der Waals surface area contributed by atoms with Crippen molar-refractivity contribution in [3.63, 3.8) is 0 Å². The number of carbonyl (C=O) groups is 5. The second-order valence-corrected chi connectivity index (χ2v) is 7.28. The highest BCUT2D eigenvalue weighted by atomic mass is 16.6. The molecule has 11 heteroatoms. The van der Waals surface area contributed by atoms with Gasteiger partial charge in [-0.05, 0) is 12.0 Å². The number of nitrogens with zero attached hydrogens (tertiary/aromatic N) is 1. The fourth-order valence-corrected chi connectivity index (χ4v) is 3.27. The molecule has 1 aliphatic heterocycles. The normalized spacial score (nSPS) is 17.2. The first-order valence-corrected chi connectivity index (χ1v) is 9.94. The summed E-state index contributed by atoms with van der Waals surface area (Å²) in [5.74, 6) is -2.43. The van der Waals surface area contributed by atoms with E-state index in [2.05, 4.69) is 20.1 Å². The molecule has 1 aromatic carbocycles. The van der Waals surface area contributed by atoms with Gasteiger partial charge in [0.1, 0.15) is 19.7 Å². The molecule has 1 fully saturated rings. The Balaban J connectivity index is 2.04. The van der Waals surface area contributed by atoms with Gasteiger partial charge in [-0.15, -0.1) is 0 Å². The topological polar surface area (TPSA) is 140 Å². The standard InChI is InChI=1S/C21H27N3O8/c1-30-17(26)11-22-16(25)10-21(19(28)23-12-18(27)31-2)8-9-24(14-21)20(29)32-13-15-6-4-3-5-7-15/h3-7H,8-14H2,1-2H3,(H,22,25)(H,23,28). The lowest BCUT2D eigenvalue weighted by Crippen LogP contribution is -2.48. The van der Waals surface area contributed by atoms with Gasteiger partial charge in [-0.1, -0.05) is 30.3 Å². The third kappa shape index (κ3) is 6.96. The van der Waals surface area contributed by atoms with Crippen molar-refractivity contribution in [1.82, 2.24) is 15.5 Å². The summed E-state index contributed by atoms with van der Waals surface area (Å²) in [6.07, 6.45) is -0.739. The van der Waals surface area contributed by atoms with E-state index in [-0.39, 0.29) is 45.6 Å². The molecule has 2 rings (SSSR count). The van der Waals surface area contributed by atoms with Crippen LogP contribution in [0.2, 0.25) is 0 Å². The van der Waals surface area contributed by atoms with Crippen LogP contribution < -0.4 is 10.6 Å². The predicted molar refractivity (Wildman–Crippen MR) is 110 cm³/mol. The first-order valence-electron chi connectivity index (χ1n) is 9.94. The maximum atomic E-state index is 12.9. The second-order valence-electron chi connectivity index (χ2n) is 7.28. The number of carbonyl (C=O) groups excluding carboxylic acids is 5. The lowest BCUT2D eigenvalue weighted by atomic mass is 9.82. The van der Waals surface area contributed by atoms with Crippen LogP contribution in [0.4, 0.5) is 4.79 Å². The average molecular weight is 449 g/mol. The molecule has 32 heavy (non-hydrogen) atoms. The molecule has 11 nitrogen and oxygen atoms in total. The molecule has 174 valence electrons. The molecule has 0 radical (unpaired) electrons. The van der Waals surface area contributed by atoms with Crippen LogP contribution in [-0.2, 0) is 40.0 Å². The third-order valence-electron chi connectivity index (χ3n) is 5.08. The van der Waals surface area contributed by atoms with Gasteiger partial charge in [-0.2, -0.15) is 0 Å². The van der Waals surface area contributed by atoms with Gasteiger partial charge in [0.2, 0.25) is 11.8 Å². The van der Waals surface area contributed by atoms with Crippen LogP contribution in [-0.4, -0.2) is 75.1 Å². The molecule has 0 spiro atoms. The average Bonchev–Trinajstić information content (AvgIpc) is 3.24. The highest BCUT2D eigenvalue weighted by Gasteiger charge is 2.48. The molecular formula is C21H27N3O8. The molecule has 0 aromatic heterocycles. The zero-order valence-corrected chi connectivity index (χ0v) is 18.0. The van der Waals surface area contributed by atoms with Crippen LogP contribution in [0.25, 0.3) is 0 Å². The van der Waals surface area contributed by atoms with E-state index in [1.807, 2.05) is 30.3 Å². The van der Waals surface area contributed by atoms with Crippen LogP contribution in [0.15, 0.2) is 30.3 Å². The van der Waals surface area contributed by atoms with Crippen molar-refractivity contribution in [3.8, 4) is 0 Å². The Morgan fingerprint density at radius 1 is 0.969 bits per heavy atom. The summed E-state index contributed by atoms with van der Waals surface area (Å²) >= 11 is 0. The minimum Gasteiger partial charge on any atom is -0.468 e. The maximum Gasteiger partial charge on any atom is 0.410 e. The molecule has 2 N–H and O–H groups in total. The highest BCUT2D eigenvalue weighted by Crippen LogP contribution is 2.35. The molecule has 0 saturated carbocycles. The predicted octanol–water partition coefficient (Wildman–Crippen LogP) is -0.0162. The van der Waals surface area contributed by atoms with E-state index in [0.29, 0.717) is 0 Å². The zero-order chi connectivity index (χ0) is 23.6. The summed E-state index contributed by atoms with van der Waals surface area (Å²) in [5, 5.41) is 4.84. The van der Waals surface area contributed by atoms with Gasteiger partial charge in [0.25, 0.3) is 0 Å². The lowest BCUT2D eigenvalue weighted by molar-refractivity contribution is -0.144. The molecule has 1 aromatic rings. The number of hydrogen-bond donors (Lipinski definition) is 2. The van der Waals surface area contributed by atoms with Gasteiger partial charge in [0.05, 0.1) is 19.6 Å². The van der Waals surface area contributed by atoms with Crippen LogP contribution in [0, 0.1) is 5.41 Å². The quantitative estimate of drug-likeness (QED) is 0.396. The summed E-state index contributed by atoms with van der Waals surface area (Å²) in [4.78, 5) is 61.8. The number of ether oxygens (including phenoxy) is 3. The zero-order valence-electron chi connectivity index (χ0n) is 18.0. The van der Waals surface area contributed by atoms with Crippen LogP contribution >= 0.6 is 0 Å². The van der Waals surface area contributed by atoms with Crippen molar-refractivity contribution in [1.29, 1.82) is 0 Å². The van der Waals surface area contributed by atoms with E-state index in [1.54, 1.807) is 0 Å². The molecule has 1 aliphatic rings. The number of amides is 3. The van der Waals surface area contributed by atoms with Crippen molar-refractivity contribution in [2.75, 3.05) is 40.4 Å². The summed E-state index contributed by atoms with van der Waals surface area (Å²) in [6, 6.07) is 9.12. The van der Waals surface area contributed by atoms with E-state index in [0.717, 1.165) is 5.56 Å². The fourth-order valence-electron chi connectivity index (χ4n) is 3.27. The molecule has 3 amide bonds. The van der Waals surface area contributed by atoms with E-state index < -0.39 is 35.3 Å². The fraction of sp³-hybridized carbons (Fsp3) is 0.476. The Labute approximate surface area is 185 Å². The largest absolute Gasteiger partial charge is 0.468 e. The van der Waals surface area contributed by atoms with E-state index >= 15 is 0 Å². The monoisotopic (exact) mass is 449 g/mol. The van der Waals surface area contributed by atoms with Crippen molar-refractivity contribution >= 4 is 29.8 Å². The molecule has 0 aliphatic carbocycles. The van der Waals surface area contributed by atoms with Gasteiger partial charge in [-0.25, -0.2) is 4.79 Å². The van der Waals surface area contributed by atoms with Gasteiger partial charge in [-0.3, -0.25) is 19.2 Å². The Kier molecular flexibility index (Phi) is 8.99. The van der Waals surface area contributed by atoms with Crippen LogP contribution in [0.3, 0.4) is 0 Å². The molecule has 1 saturated heterocycles. The second kappa shape index (κ2) is 11.7. The van der Waals surface area contributed by atoms with Crippen molar-refractivity contribution < 1.29 is 38.2 Å². The summed E-state index contributed by atoms with van der Waals surface area (Å²) in [6.45, 7) is -0.558. The maximum absolute atomic E-state index is 12.9. The van der Waals surface area contributed by atoms with Crippen molar-refractivity contribution in [2.45, 2.75) is 19.4 Å². The molecule has 1 unspecified atom stereocenters. The molecule has 1 heterocycles. The first kappa shape index (κ1) is 24.6. The van der Waals surface area contributed by atoms with Crippen molar-refractivity contribution in [2.24, 2.45) is 5.41 Å². The number of esters is 2. The number of methoxy groups -OCH3 is 2. The Bertz CT molecular complexity index is 845. The molecule has 0 bridgehead atoms. The summed E-state index contributed by atoms with van der Waals surface area (Å²) < 4.78 is 14.3. The smallest absolute Gasteiger partial charge is 0.410 e. The van der Waals surface area contributed by atoms with Gasteiger partial charge < -0.3 is 29.7 Å². The molecule has 1 atom stereocenters. The Morgan fingerprint density at radius 3 is 2.22 bits per heavy atom. The number of benzene rings is 1. The Morgan fingerprint density at radius 2 is 1.59 bits per heavy atom. The summed E-state index contributed by atoms with van der Waals surface area (Å²) in [7, 11) is 2.37. The van der Waals surface area contributed by atoms with Crippen LogP contribution in [0.1, 0.15) is 18.4 Å². The van der Waals surface area contributed by atoms with E-state index in [9.17, 15) is 24.0 Å². The van der Waals surface area contributed by atoms with E-state index in [4.69, 9.17) is 4.74 Å². The molecular weight excluding hydrogens is 422 g/mol. The van der Waals surface area contributed by atoms with Crippen LogP contribution in [0.5, 0.6) is 0 Å². The third-order valence-corrected chi connectivity index (χ3v) is 5.08.